The Hall–Kier alpha value is -2.28. The summed E-state index contributed by atoms with van der Waals surface area (Å²) in [5.74, 6) is 0.987. The molecule has 0 aliphatic carbocycles. The quantitative estimate of drug-likeness (QED) is 0.562. The van der Waals surface area contributed by atoms with Gasteiger partial charge in [0.1, 0.15) is 0 Å². The standard InChI is InChI=1S/C22H25N/c1-14(2)18-8-6-9-19(15(3)4)22(18)21-10-5-7-16-13-17(23)11-12-20(16)21/h5-15H,23H2,1-4H3. The molecule has 0 aromatic heterocycles. The van der Waals surface area contributed by atoms with Crippen molar-refractivity contribution >= 4 is 16.5 Å². The summed E-state index contributed by atoms with van der Waals surface area (Å²) in [5, 5.41) is 2.48. The highest BCUT2D eigenvalue weighted by Crippen LogP contribution is 2.39. The molecule has 0 radical (unpaired) electrons. The first-order valence-corrected chi connectivity index (χ1v) is 8.40. The van der Waals surface area contributed by atoms with Crippen LogP contribution in [-0.2, 0) is 0 Å². The van der Waals surface area contributed by atoms with E-state index >= 15 is 0 Å². The van der Waals surface area contributed by atoms with Gasteiger partial charge in [-0.05, 0) is 57.0 Å². The average molecular weight is 303 g/mol. The van der Waals surface area contributed by atoms with E-state index < -0.39 is 0 Å². The molecule has 0 spiro atoms. The summed E-state index contributed by atoms with van der Waals surface area (Å²) in [6, 6.07) is 19.5. The molecule has 0 aliphatic rings. The van der Waals surface area contributed by atoms with Crippen LogP contribution in [0.25, 0.3) is 21.9 Å². The third kappa shape index (κ3) is 2.84. The van der Waals surface area contributed by atoms with Gasteiger partial charge >= 0.3 is 0 Å². The molecule has 2 N–H and O–H groups in total. The fraction of sp³-hybridized carbons (Fsp3) is 0.273. The molecule has 0 saturated heterocycles. The second-order valence-corrected chi connectivity index (χ2v) is 6.91. The van der Waals surface area contributed by atoms with Crippen molar-refractivity contribution in [3.63, 3.8) is 0 Å². The maximum Gasteiger partial charge on any atom is 0.0320 e. The Kier molecular flexibility index (Phi) is 4.12. The van der Waals surface area contributed by atoms with Crippen LogP contribution in [0.4, 0.5) is 5.69 Å². The van der Waals surface area contributed by atoms with Gasteiger partial charge in [0.2, 0.25) is 0 Å². The van der Waals surface area contributed by atoms with Crippen molar-refractivity contribution in [2.75, 3.05) is 5.73 Å². The molecule has 0 unspecified atom stereocenters. The minimum atomic E-state index is 0.493. The summed E-state index contributed by atoms with van der Waals surface area (Å²) in [7, 11) is 0. The molecule has 0 fully saturated rings. The Morgan fingerprint density at radius 2 is 1.35 bits per heavy atom. The second kappa shape index (κ2) is 6.08. The first-order chi connectivity index (χ1) is 11.0. The average Bonchev–Trinajstić information content (AvgIpc) is 2.53. The van der Waals surface area contributed by atoms with E-state index in [0.29, 0.717) is 11.8 Å². The van der Waals surface area contributed by atoms with Gasteiger partial charge in [0.25, 0.3) is 0 Å². The van der Waals surface area contributed by atoms with E-state index in [1.54, 1.807) is 0 Å². The number of nitrogens with two attached hydrogens (primary N) is 1. The summed E-state index contributed by atoms with van der Waals surface area (Å²) in [6.07, 6.45) is 0. The SMILES string of the molecule is CC(C)c1cccc(C(C)C)c1-c1cccc2cc(N)ccc12. The largest absolute Gasteiger partial charge is 0.399 e. The molecule has 1 heteroatoms. The molecule has 23 heavy (non-hydrogen) atoms. The van der Waals surface area contributed by atoms with Crippen LogP contribution in [0.1, 0.15) is 50.7 Å². The van der Waals surface area contributed by atoms with Crippen LogP contribution < -0.4 is 5.73 Å². The Bertz CT molecular complexity index is 817. The van der Waals surface area contributed by atoms with Crippen LogP contribution in [0.15, 0.2) is 54.6 Å². The van der Waals surface area contributed by atoms with Crippen LogP contribution in [0, 0.1) is 0 Å². The Balaban J connectivity index is 2.38. The molecule has 0 heterocycles. The Labute approximate surface area is 139 Å². The topological polar surface area (TPSA) is 26.0 Å². The van der Waals surface area contributed by atoms with Gasteiger partial charge in [-0.2, -0.15) is 0 Å². The van der Waals surface area contributed by atoms with E-state index in [2.05, 4.69) is 76.2 Å². The Morgan fingerprint density at radius 3 is 1.96 bits per heavy atom. The van der Waals surface area contributed by atoms with E-state index in [9.17, 15) is 0 Å². The summed E-state index contributed by atoms with van der Waals surface area (Å²) >= 11 is 0. The summed E-state index contributed by atoms with van der Waals surface area (Å²) in [4.78, 5) is 0. The molecule has 0 bridgehead atoms. The van der Waals surface area contributed by atoms with Crippen molar-refractivity contribution in [3.8, 4) is 11.1 Å². The molecule has 0 amide bonds. The molecular weight excluding hydrogens is 278 g/mol. The molecule has 3 aromatic carbocycles. The van der Waals surface area contributed by atoms with Gasteiger partial charge < -0.3 is 5.73 Å². The van der Waals surface area contributed by atoms with E-state index in [0.717, 1.165) is 5.69 Å². The van der Waals surface area contributed by atoms with Gasteiger partial charge in [-0.1, -0.05) is 70.2 Å². The van der Waals surface area contributed by atoms with E-state index in [4.69, 9.17) is 5.73 Å². The molecule has 1 nitrogen and oxygen atoms in total. The molecule has 0 aliphatic heterocycles. The lowest BCUT2D eigenvalue weighted by Gasteiger charge is -2.21. The minimum Gasteiger partial charge on any atom is -0.399 e. The van der Waals surface area contributed by atoms with Crippen LogP contribution in [0.5, 0.6) is 0 Å². The summed E-state index contributed by atoms with van der Waals surface area (Å²) < 4.78 is 0. The fourth-order valence-corrected chi connectivity index (χ4v) is 3.38. The molecule has 0 atom stereocenters. The number of hydrogen-bond donors (Lipinski definition) is 1. The summed E-state index contributed by atoms with van der Waals surface area (Å²) in [5.41, 5.74) is 12.3. The lowest BCUT2D eigenvalue weighted by atomic mass is 9.83. The second-order valence-electron chi connectivity index (χ2n) is 6.91. The van der Waals surface area contributed by atoms with Crippen molar-refractivity contribution in [3.05, 3.63) is 65.7 Å². The van der Waals surface area contributed by atoms with Gasteiger partial charge in [0, 0.05) is 5.69 Å². The van der Waals surface area contributed by atoms with Gasteiger partial charge in [0.15, 0.2) is 0 Å². The Morgan fingerprint density at radius 1 is 0.739 bits per heavy atom. The zero-order chi connectivity index (χ0) is 16.6. The van der Waals surface area contributed by atoms with Crippen LogP contribution >= 0.6 is 0 Å². The highest BCUT2D eigenvalue weighted by Gasteiger charge is 2.17. The number of hydrogen-bond acceptors (Lipinski definition) is 1. The van der Waals surface area contributed by atoms with Crippen molar-refractivity contribution < 1.29 is 0 Å². The number of rotatable bonds is 3. The number of anilines is 1. The van der Waals surface area contributed by atoms with Crippen LogP contribution in [0.2, 0.25) is 0 Å². The molecule has 3 rings (SSSR count). The van der Waals surface area contributed by atoms with Crippen LogP contribution in [-0.4, -0.2) is 0 Å². The van der Waals surface area contributed by atoms with Gasteiger partial charge in [0.05, 0.1) is 0 Å². The number of nitrogen functional groups attached to an aromatic ring is 1. The predicted octanol–water partition coefficient (Wildman–Crippen LogP) is 6.34. The molecule has 0 saturated carbocycles. The van der Waals surface area contributed by atoms with E-state index in [1.165, 1.54) is 33.0 Å². The van der Waals surface area contributed by atoms with Crippen molar-refractivity contribution in [2.24, 2.45) is 0 Å². The highest BCUT2D eigenvalue weighted by molar-refractivity contribution is 5.99. The van der Waals surface area contributed by atoms with Gasteiger partial charge in [-0.25, -0.2) is 0 Å². The third-order valence-electron chi connectivity index (χ3n) is 4.55. The van der Waals surface area contributed by atoms with Gasteiger partial charge in [-0.15, -0.1) is 0 Å². The normalized spacial score (nSPS) is 11.6. The monoisotopic (exact) mass is 303 g/mol. The van der Waals surface area contributed by atoms with Crippen LogP contribution in [0.3, 0.4) is 0 Å². The van der Waals surface area contributed by atoms with E-state index in [-0.39, 0.29) is 0 Å². The highest BCUT2D eigenvalue weighted by atomic mass is 14.5. The van der Waals surface area contributed by atoms with Crippen molar-refractivity contribution in [2.45, 2.75) is 39.5 Å². The fourth-order valence-electron chi connectivity index (χ4n) is 3.38. The maximum absolute atomic E-state index is 5.97. The molecule has 3 aromatic rings. The van der Waals surface area contributed by atoms with E-state index in [1.807, 2.05) is 6.07 Å². The lowest BCUT2D eigenvalue weighted by Crippen LogP contribution is -2.00. The predicted molar refractivity (Wildman–Crippen MR) is 102 cm³/mol. The first kappa shape index (κ1) is 15.6. The first-order valence-electron chi connectivity index (χ1n) is 8.40. The lowest BCUT2D eigenvalue weighted by molar-refractivity contribution is 0.838. The summed E-state index contributed by atoms with van der Waals surface area (Å²) in [6.45, 7) is 9.08. The minimum absolute atomic E-state index is 0.493. The maximum atomic E-state index is 5.97. The van der Waals surface area contributed by atoms with Gasteiger partial charge in [-0.3, -0.25) is 0 Å². The molecule has 118 valence electrons. The number of benzene rings is 3. The zero-order valence-electron chi connectivity index (χ0n) is 14.4. The molecular formula is C22H25N. The third-order valence-corrected chi connectivity index (χ3v) is 4.55. The van der Waals surface area contributed by atoms with Crippen molar-refractivity contribution in [1.82, 2.24) is 0 Å². The zero-order valence-corrected chi connectivity index (χ0v) is 14.4. The smallest absolute Gasteiger partial charge is 0.0320 e. The van der Waals surface area contributed by atoms with Crippen molar-refractivity contribution in [1.29, 1.82) is 0 Å². The number of fused-ring (bicyclic) bond motifs is 1.